The molecule has 2 amide bonds. The van der Waals surface area contributed by atoms with Gasteiger partial charge in [0.15, 0.2) is 18.1 Å². The number of aliphatic hydroxyl groups is 1. The fourth-order valence-electron chi connectivity index (χ4n) is 5.25. The second kappa shape index (κ2) is 13.7. The second-order valence-corrected chi connectivity index (χ2v) is 13.5. The van der Waals surface area contributed by atoms with Crippen LogP contribution in [-0.2, 0) is 32.2 Å². The summed E-state index contributed by atoms with van der Waals surface area (Å²) in [5.41, 5.74) is 0.405. The Balaban J connectivity index is 1.36. The van der Waals surface area contributed by atoms with Crippen molar-refractivity contribution in [1.82, 2.24) is 14.6 Å². The molecule has 0 unspecified atom stereocenters. The number of halogens is 3. The number of hydrogen-bond donors (Lipinski definition) is 2. The maximum absolute atomic E-state index is 13.8. The number of sulfonamides is 1. The van der Waals surface area contributed by atoms with E-state index in [2.05, 4.69) is 10.3 Å². The molecule has 11 nitrogen and oxygen atoms in total. The fourth-order valence-corrected chi connectivity index (χ4v) is 6.88. The molecule has 0 spiro atoms. The highest BCUT2D eigenvalue weighted by molar-refractivity contribution is 7.89. The number of nitrogens with zero attached hydrogens (tertiary/aromatic N) is 3. The summed E-state index contributed by atoms with van der Waals surface area (Å²) in [6, 6.07) is 16.2. The van der Waals surface area contributed by atoms with Crippen LogP contribution in [0.25, 0.3) is 11.1 Å². The molecular formula is C32H33F3N4O7S. The Kier molecular flexibility index (Phi) is 9.89. The van der Waals surface area contributed by atoms with E-state index in [0.717, 1.165) is 33.0 Å². The van der Waals surface area contributed by atoms with E-state index in [1.54, 1.807) is 30.3 Å². The third kappa shape index (κ3) is 7.92. The number of aliphatic hydroxyl groups excluding tert-OH is 1. The van der Waals surface area contributed by atoms with Crippen LogP contribution in [0.3, 0.4) is 0 Å². The van der Waals surface area contributed by atoms with Gasteiger partial charge < -0.3 is 19.6 Å². The minimum absolute atomic E-state index is 0.0476. The van der Waals surface area contributed by atoms with Crippen molar-refractivity contribution in [2.45, 2.75) is 49.6 Å². The molecule has 1 aliphatic heterocycles. The molecule has 4 aromatic rings. The van der Waals surface area contributed by atoms with Crippen molar-refractivity contribution in [2.24, 2.45) is 5.92 Å². The van der Waals surface area contributed by atoms with Crippen molar-refractivity contribution in [3.8, 4) is 0 Å². The molecule has 0 bridgehead atoms. The van der Waals surface area contributed by atoms with Crippen LogP contribution in [0.1, 0.15) is 25.0 Å². The first kappa shape index (κ1) is 33.9. The molecule has 47 heavy (non-hydrogen) atoms. The average Bonchev–Trinajstić information content (AvgIpc) is 3.66. The smallest absolute Gasteiger partial charge is 0.416 e. The number of aromatic nitrogens is 1. The maximum atomic E-state index is 13.8. The molecule has 0 radical (unpaired) electrons. The number of carbonyl (C=O) groups excluding carboxylic acids is 2. The number of hydrogen-bond acceptors (Lipinski definition) is 8. The van der Waals surface area contributed by atoms with E-state index in [-0.39, 0.29) is 41.6 Å². The number of ether oxygens (including phenoxy) is 1. The van der Waals surface area contributed by atoms with Gasteiger partial charge in [-0.25, -0.2) is 18.2 Å². The summed E-state index contributed by atoms with van der Waals surface area (Å²) in [4.78, 5) is 30.9. The number of amides is 2. The fraction of sp³-hybridized carbons (Fsp3) is 0.344. The van der Waals surface area contributed by atoms with Crippen LogP contribution in [0.5, 0.6) is 0 Å². The monoisotopic (exact) mass is 674 g/mol. The normalized spacial score (nSPS) is 16.9. The van der Waals surface area contributed by atoms with Gasteiger partial charge in [-0.1, -0.05) is 50.2 Å². The molecule has 1 aromatic heterocycles. The van der Waals surface area contributed by atoms with Gasteiger partial charge in [-0.15, -0.1) is 0 Å². The van der Waals surface area contributed by atoms with Crippen molar-refractivity contribution in [1.29, 1.82) is 0 Å². The molecule has 1 fully saturated rings. The number of nitrogens with one attached hydrogen (secondary N) is 1. The number of benzene rings is 3. The van der Waals surface area contributed by atoms with E-state index >= 15 is 0 Å². The summed E-state index contributed by atoms with van der Waals surface area (Å²) in [5.74, 6) is -0.935. The summed E-state index contributed by atoms with van der Waals surface area (Å²) in [5, 5.41) is 14.2. The standard InChI is InChI=1S/C32H33F3N4O7S/c1-20(2)16-38(47(43,44)24-11-12-25-28(15-24)45-19-36-25)17-27(40)26(13-21-7-4-3-5-8-21)37-30(41)29-18-39(31(42)46-29)23-10-6-9-22(14-23)32(33,34)35/h3-12,14-15,19-20,26-27,29,40H,13,16-18H2,1-2H3,(H,37,41)/t26-,27+,29-/m0/s1. The second-order valence-electron chi connectivity index (χ2n) is 11.6. The van der Waals surface area contributed by atoms with Gasteiger partial charge in [-0.2, -0.15) is 17.5 Å². The van der Waals surface area contributed by atoms with Crippen molar-refractivity contribution in [2.75, 3.05) is 24.5 Å². The molecule has 1 aliphatic rings. The summed E-state index contributed by atoms with van der Waals surface area (Å²) in [6.07, 6.45) is -7.21. The van der Waals surface area contributed by atoms with Gasteiger partial charge in [0.2, 0.25) is 10.0 Å². The predicted molar refractivity (Wildman–Crippen MR) is 165 cm³/mol. The lowest BCUT2D eigenvalue weighted by Crippen LogP contribution is -2.53. The van der Waals surface area contributed by atoms with Gasteiger partial charge in [-0.3, -0.25) is 9.69 Å². The molecule has 1 saturated heterocycles. The van der Waals surface area contributed by atoms with Crippen molar-refractivity contribution >= 4 is 38.8 Å². The topological polar surface area (TPSA) is 142 Å². The molecule has 3 atom stereocenters. The summed E-state index contributed by atoms with van der Waals surface area (Å²) >= 11 is 0. The van der Waals surface area contributed by atoms with E-state index in [0.29, 0.717) is 5.52 Å². The Labute approximate surface area is 269 Å². The Hall–Kier alpha value is -4.47. The summed E-state index contributed by atoms with van der Waals surface area (Å²) < 4.78 is 79.0. The zero-order valence-electron chi connectivity index (χ0n) is 25.4. The Bertz CT molecular complexity index is 1830. The van der Waals surface area contributed by atoms with Gasteiger partial charge in [0, 0.05) is 24.8 Å². The first-order valence-corrected chi connectivity index (χ1v) is 16.2. The van der Waals surface area contributed by atoms with Crippen LogP contribution in [0, 0.1) is 5.92 Å². The number of rotatable bonds is 12. The first-order chi connectivity index (χ1) is 22.2. The molecule has 2 heterocycles. The molecular weight excluding hydrogens is 641 g/mol. The zero-order valence-corrected chi connectivity index (χ0v) is 26.2. The number of oxazole rings is 1. The van der Waals surface area contributed by atoms with Crippen LogP contribution < -0.4 is 10.2 Å². The van der Waals surface area contributed by atoms with Crippen LogP contribution in [0.2, 0.25) is 0 Å². The minimum Gasteiger partial charge on any atom is -0.443 e. The van der Waals surface area contributed by atoms with Crippen molar-refractivity contribution in [3.05, 3.63) is 90.3 Å². The van der Waals surface area contributed by atoms with Crippen molar-refractivity contribution in [3.63, 3.8) is 0 Å². The van der Waals surface area contributed by atoms with E-state index < -0.39 is 58.6 Å². The van der Waals surface area contributed by atoms with Crippen LogP contribution >= 0.6 is 0 Å². The number of fused-ring (bicyclic) bond motifs is 1. The highest BCUT2D eigenvalue weighted by Crippen LogP contribution is 2.33. The van der Waals surface area contributed by atoms with Gasteiger partial charge in [0.25, 0.3) is 5.91 Å². The lowest BCUT2D eigenvalue weighted by Gasteiger charge is -2.31. The largest absolute Gasteiger partial charge is 0.443 e. The van der Waals surface area contributed by atoms with Gasteiger partial charge in [0.05, 0.1) is 29.1 Å². The van der Waals surface area contributed by atoms with E-state index in [1.807, 2.05) is 13.8 Å². The first-order valence-electron chi connectivity index (χ1n) is 14.7. The van der Waals surface area contributed by atoms with Crippen molar-refractivity contribution < 1.29 is 45.4 Å². The predicted octanol–water partition coefficient (Wildman–Crippen LogP) is 4.61. The molecule has 250 valence electrons. The van der Waals surface area contributed by atoms with Crippen LogP contribution in [-0.4, -0.2) is 72.7 Å². The Morgan fingerprint density at radius 1 is 1.09 bits per heavy atom. The molecule has 0 aliphatic carbocycles. The average molecular weight is 675 g/mol. The number of cyclic esters (lactones) is 1. The Morgan fingerprint density at radius 3 is 2.53 bits per heavy atom. The minimum atomic E-state index is -4.64. The summed E-state index contributed by atoms with van der Waals surface area (Å²) in [6.45, 7) is 2.92. The third-order valence-corrected chi connectivity index (χ3v) is 9.41. The van der Waals surface area contributed by atoms with Crippen LogP contribution in [0.15, 0.2) is 88.5 Å². The van der Waals surface area contributed by atoms with E-state index in [4.69, 9.17) is 9.15 Å². The van der Waals surface area contributed by atoms with Gasteiger partial charge in [-0.05, 0) is 48.2 Å². The summed E-state index contributed by atoms with van der Waals surface area (Å²) in [7, 11) is -4.15. The van der Waals surface area contributed by atoms with Gasteiger partial charge in [0.1, 0.15) is 5.52 Å². The van der Waals surface area contributed by atoms with E-state index in [1.165, 1.54) is 30.7 Å². The number of anilines is 1. The van der Waals surface area contributed by atoms with E-state index in [9.17, 15) is 36.3 Å². The molecule has 5 rings (SSSR count). The highest BCUT2D eigenvalue weighted by atomic mass is 32.2. The van der Waals surface area contributed by atoms with Crippen LogP contribution in [0.4, 0.5) is 23.7 Å². The number of carbonyl (C=O) groups is 2. The third-order valence-electron chi connectivity index (χ3n) is 7.58. The molecule has 15 heteroatoms. The highest BCUT2D eigenvalue weighted by Gasteiger charge is 2.40. The lowest BCUT2D eigenvalue weighted by molar-refractivity contribution is -0.137. The maximum Gasteiger partial charge on any atom is 0.416 e. The zero-order chi connectivity index (χ0) is 33.9. The molecule has 3 aromatic carbocycles. The number of alkyl halides is 3. The Morgan fingerprint density at radius 2 is 1.83 bits per heavy atom. The SMILES string of the molecule is CC(C)CN(C[C@@H](O)[C@H](Cc1ccccc1)NC(=O)[C@@H]1CN(c2cccc(C(F)(F)F)c2)C(=O)O1)S(=O)(=O)c1ccc2ncoc2c1. The quantitative estimate of drug-likeness (QED) is 0.222. The molecule has 2 N–H and O–H groups in total. The lowest BCUT2D eigenvalue weighted by atomic mass is 10.0. The van der Waals surface area contributed by atoms with Gasteiger partial charge >= 0.3 is 12.3 Å². The molecule has 0 saturated carbocycles.